The van der Waals surface area contributed by atoms with E-state index in [0.29, 0.717) is 5.56 Å². The summed E-state index contributed by atoms with van der Waals surface area (Å²) in [5.74, 6) is -1.81. The van der Waals surface area contributed by atoms with Crippen LogP contribution in [-0.2, 0) is 20.9 Å². The SMILES string of the molecule is CC(C)[C@H](NC(=O)c1ccccc1)C(=O)OCCC(=O)NC(=O)NCc1ccccc1. The quantitative estimate of drug-likeness (QED) is 0.534. The summed E-state index contributed by atoms with van der Waals surface area (Å²) in [6, 6.07) is 16.3. The van der Waals surface area contributed by atoms with Gasteiger partial charge in [-0.25, -0.2) is 9.59 Å². The Morgan fingerprint density at radius 1 is 0.903 bits per heavy atom. The topological polar surface area (TPSA) is 114 Å². The van der Waals surface area contributed by atoms with Gasteiger partial charge in [-0.1, -0.05) is 62.4 Å². The third-order valence-electron chi connectivity index (χ3n) is 4.37. The van der Waals surface area contributed by atoms with Gasteiger partial charge in [0.05, 0.1) is 6.42 Å². The lowest BCUT2D eigenvalue weighted by molar-refractivity contribution is -0.147. The fraction of sp³-hybridized carbons (Fsp3) is 0.304. The molecule has 31 heavy (non-hydrogen) atoms. The van der Waals surface area contributed by atoms with Crippen LogP contribution in [0.1, 0.15) is 36.2 Å². The van der Waals surface area contributed by atoms with Crippen molar-refractivity contribution < 1.29 is 23.9 Å². The molecule has 2 aromatic carbocycles. The van der Waals surface area contributed by atoms with E-state index in [9.17, 15) is 19.2 Å². The lowest BCUT2D eigenvalue weighted by Crippen LogP contribution is -2.45. The predicted octanol–water partition coefficient (Wildman–Crippen LogP) is 2.40. The Balaban J connectivity index is 1.73. The van der Waals surface area contributed by atoms with Crippen molar-refractivity contribution in [1.82, 2.24) is 16.0 Å². The second kappa shape index (κ2) is 12.1. The zero-order chi connectivity index (χ0) is 22.6. The van der Waals surface area contributed by atoms with Crippen molar-refractivity contribution in [2.75, 3.05) is 6.61 Å². The third kappa shape index (κ3) is 8.30. The molecular weight excluding hydrogens is 398 g/mol. The van der Waals surface area contributed by atoms with Gasteiger partial charge < -0.3 is 15.4 Å². The fourth-order valence-electron chi connectivity index (χ4n) is 2.66. The largest absolute Gasteiger partial charge is 0.464 e. The molecule has 0 radical (unpaired) electrons. The van der Waals surface area contributed by atoms with Crippen molar-refractivity contribution in [3.8, 4) is 0 Å². The molecule has 0 saturated carbocycles. The highest BCUT2D eigenvalue weighted by atomic mass is 16.5. The summed E-state index contributed by atoms with van der Waals surface area (Å²) in [7, 11) is 0. The first-order valence-corrected chi connectivity index (χ1v) is 10.0. The average molecular weight is 425 g/mol. The number of ether oxygens (including phenoxy) is 1. The monoisotopic (exact) mass is 425 g/mol. The number of urea groups is 1. The second-order valence-electron chi connectivity index (χ2n) is 7.20. The molecule has 2 aromatic rings. The Bertz CT molecular complexity index is 885. The molecule has 0 bridgehead atoms. The summed E-state index contributed by atoms with van der Waals surface area (Å²) in [6.07, 6.45) is -0.179. The van der Waals surface area contributed by atoms with E-state index in [2.05, 4.69) is 16.0 Å². The maximum atomic E-state index is 12.4. The van der Waals surface area contributed by atoms with E-state index in [1.54, 1.807) is 44.2 Å². The number of carbonyl (C=O) groups is 4. The molecule has 164 valence electrons. The Labute approximate surface area is 181 Å². The average Bonchev–Trinajstić information content (AvgIpc) is 2.76. The molecule has 8 heteroatoms. The smallest absolute Gasteiger partial charge is 0.328 e. The summed E-state index contributed by atoms with van der Waals surface area (Å²) < 4.78 is 5.14. The number of hydrogen-bond acceptors (Lipinski definition) is 5. The number of rotatable bonds is 9. The van der Waals surface area contributed by atoms with E-state index >= 15 is 0 Å². The Kier molecular flexibility index (Phi) is 9.22. The minimum absolute atomic E-state index is 0.179. The van der Waals surface area contributed by atoms with Gasteiger partial charge in [0.25, 0.3) is 5.91 Å². The normalized spacial score (nSPS) is 11.3. The van der Waals surface area contributed by atoms with E-state index in [1.807, 2.05) is 30.3 Å². The Morgan fingerprint density at radius 2 is 1.52 bits per heavy atom. The molecule has 1 atom stereocenters. The first kappa shape index (κ1) is 23.6. The van der Waals surface area contributed by atoms with Gasteiger partial charge in [-0.3, -0.25) is 14.9 Å². The summed E-state index contributed by atoms with van der Waals surface area (Å²) in [5, 5.41) is 7.41. The van der Waals surface area contributed by atoms with Crippen LogP contribution < -0.4 is 16.0 Å². The molecule has 2 rings (SSSR count). The summed E-state index contributed by atoms with van der Waals surface area (Å²) in [6.45, 7) is 3.63. The number of nitrogens with one attached hydrogen (secondary N) is 3. The fourth-order valence-corrected chi connectivity index (χ4v) is 2.66. The van der Waals surface area contributed by atoms with Gasteiger partial charge in [0, 0.05) is 12.1 Å². The molecule has 0 aromatic heterocycles. The van der Waals surface area contributed by atoms with Crippen LogP contribution in [0.5, 0.6) is 0 Å². The third-order valence-corrected chi connectivity index (χ3v) is 4.37. The maximum Gasteiger partial charge on any atom is 0.328 e. The van der Waals surface area contributed by atoms with Gasteiger partial charge in [0.15, 0.2) is 0 Å². The highest BCUT2D eigenvalue weighted by molar-refractivity contribution is 5.97. The van der Waals surface area contributed by atoms with Crippen LogP contribution in [-0.4, -0.2) is 36.5 Å². The molecule has 0 aliphatic heterocycles. The lowest BCUT2D eigenvalue weighted by Gasteiger charge is -2.20. The summed E-state index contributed by atoms with van der Waals surface area (Å²) >= 11 is 0. The standard InChI is InChI=1S/C23H27N3O5/c1-16(2)20(26-21(28)18-11-7-4-8-12-18)22(29)31-14-13-19(27)25-23(30)24-15-17-9-5-3-6-10-17/h3-12,16,20H,13-15H2,1-2H3,(H,26,28)(H2,24,25,27,30)/t20-/m0/s1. The molecule has 0 spiro atoms. The van der Waals surface area contributed by atoms with Crippen molar-refractivity contribution >= 4 is 23.8 Å². The van der Waals surface area contributed by atoms with Crippen molar-refractivity contribution in [2.24, 2.45) is 5.92 Å². The molecule has 0 fully saturated rings. The summed E-state index contributed by atoms with van der Waals surface area (Å²) in [4.78, 5) is 48.3. The van der Waals surface area contributed by atoms with Gasteiger partial charge in [-0.05, 0) is 23.6 Å². The van der Waals surface area contributed by atoms with Gasteiger partial charge >= 0.3 is 12.0 Å². The first-order valence-electron chi connectivity index (χ1n) is 10.0. The van der Waals surface area contributed by atoms with Crippen LogP contribution in [0.25, 0.3) is 0 Å². The molecule has 0 aliphatic carbocycles. The molecular formula is C23H27N3O5. The van der Waals surface area contributed by atoms with Crippen LogP contribution >= 0.6 is 0 Å². The van der Waals surface area contributed by atoms with Crippen LogP contribution in [0, 0.1) is 5.92 Å². The maximum absolute atomic E-state index is 12.4. The van der Waals surface area contributed by atoms with Gasteiger partial charge in [0.1, 0.15) is 12.6 Å². The number of imide groups is 1. The predicted molar refractivity (Wildman–Crippen MR) is 115 cm³/mol. The molecule has 4 amide bonds. The summed E-state index contributed by atoms with van der Waals surface area (Å²) in [5.41, 5.74) is 1.33. The van der Waals surface area contributed by atoms with Crippen molar-refractivity contribution in [3.63, 3.8) is 0 Å². The number of benzene rings is 2. The van der Waals surface area contributed by atoms with E-state index in [-0.39, 0.29) is 31.4 Å². The molecule has 0 unspecified atom stereocenters. The minimum Gasteiger partial charge on any atom is -0.464 e. The van der Waals surface area contributed by atoms with Crippen molar-refractivity contribution in [3.05, 3.63) is 71.8 Å². The van der Waals surface area contributed by atoms with Crippen LogP contribution in [0.4, 0.5) is 4.79 Å². The number of hydrogen-bond donors (Lipinski definition) is 3. The van der Waals surface area contributed by atoms with Crippen molar-refractivity contribution in [2.45, 2.75) is 32.9 Å². The van der Waals surface area contributed by atoms with Gasteiger partial charge in [-0.2, -0.15) is 0 Å². The minimum atomic E-state index is -0.857. The van der Waals surface area contributed by atoms with E-state index in [1.165, 1.54) is 0 Å². The highest BCUT2D eigenvalue weighted by Gasteiger charge is 2.26. The lowest BCUT2D eigenvalue weighted by atomic mass is 10.0. The van der Waals surface area contributed by atoms with Crippen LogP contribution in [0.15, 0.2) is 60.7 Å². The molecule has 0 saturated heterocycles. The first-order chi connectivity index (χ1) is 14.9. The van der Waals surface area contributed by atoms with Crippen LogP contribution in [0.2, 0.25) is 0 Å². The van der Waals surface area contributed by atoms with Gasteiger partial charge in [0.2, 0.25) is 5.91 Å². The van der Waals surface area contributed by atoms with Crippen LogP contribution in [0.3, 0.4) is 0 Å². The zero-order valence-electron chi connectivity index (χ0n) is 17.6. The number of amides is 4. The number of esters is 1. The van der Waals surface area contributed by atoms with E-state index < -0.39 is 23.9 Å². The number of carbonyl (C=O) groups excluding carboxylic acids is 4. The Morgan fingerprint density at radius 3 is 2.13 bits per heavy atom. The van der Waals surface area contributed by atoms with E-state index in [0.717, 1.165) is 5.56 Å². The Hall–Kier alpha value is -3.68. The highest BCUT2D eigenvalue weighted by Crippen LogP contribution is 2.07. The van der Waals surface area contributed by atoms with E-state index in [4.69, 9.17) is 4.74 Å². The van der Waals surface area contributed by atoms with Gasteiger partial charge in [-0.15, -0.1) is 0 Å². The molecule has 0 aliphatic rings. The molecule has 3 N–H and O–H groups in total. The second-order valence-corrected chi connectivity index (χ2v) is 7.20. The molecule has 8 nitrogen and oxygen atoms in total. The zero-order valence-corrected chi connectivity index (χ0v) is 17.6. The van der Waals surface area contributed by atoms with Crippen molar-refractivity contribution in [1.29, 1.82) is 0 Å². The molecule has 0 heterocycles.